The van der Waals surface area contributed by atoms with Crippen molar-refractivity contribution in [3.05, 3.63) is 35.9 Å². The molecule has 1 aromatic rings. The van der Waals surface area contributed by atoms with Gasteiger partial charge in [-0.15, -0.1) is 0 Å². The molecule has 2 rings (SSSR count). The van der Waals surface area contributed by atoms with E-state index >= 15 is 0 Å². The third-order valence-electron chi connectivity index (χ3n) is 3.02. The fourth-order valence-electron chi connectivity index (χ4n) is 2.29. The van der Waals surface area contributed by atoms with E-state index in [1.165, 1.54) is 5.56 Å². The lowest BCUT2D eigenvalue weighted by Crippen LogP contribution is -2.49. The van der Waals surface area contributed by atoms with Gasteiger partial charge >= 0.3 is 0 Å². The summed E-state index contributed by atoms with van der Waals surface area (Å²) in [6.45, 7) is 4.48. The van der Waals surface area contributed by atoms with Gasteiger partial charge in [-0.05, 0) is 19.5 Å². The molecule has 2 nitrogen and oxygen atoms in total. The van der Waals surface area contributed by atoms with Crippen molar-refractivity contribution in [2.75, 3.05) is 20.1 Å². The van der Waals surface area contributed by atoms with Crippen LogP contribution in [-0.4, -0.2) is 31.1 Å². The van der Waals surface area contributed by atoms with Crippen molar-refractivity contribution in [3.63, 3.8) is 0 Å². The molecule has 1 heterocycles. The van der Waals surface area contributed by atoms with Crippen LogP contribution in [-0.2, 0) is 0 Å². The first-order valence-corrected chi connectivity index (χ1v) is 5.27. The Labute approximate surface area is 85.9 Å². The Bertz CT molecular complexity index is 274. The van der Waals surface area contributed by atoms with E-state index in [0.29, 0.717) is 12.1 Å². The maximum atomic E-state index is 3.52. The topological polar surface area (TPSA) is 15.3 Å². The van der Waals surface area contributed by atoms with E-state index in [1.54, 1.807) is 0 Å². The van der Waals surface area contributed by atoms with Crippen molar-refractivity contribution in [3.8, 4) is 0 Å². The summed E-state index contributed by atoms with van der Waals surface area (Å²) in [7, 11) is 2.20. The molecule has 0 aliphatic carbocycles. The highest BCUT2D eigenvalue weighted by Crippen LogP contribution is 2.24. The average Bonchev–Trinajstić information content (AvgIpc) is 2.19. The summed E-state index contributed by atoms with van der Waals surface area (Å²) in [5.41, 5.74) is 1.41. The second kappa shape index (κ2) is 4.11. The number of rotatable bonds is 1. The van der Waals surface area contributed by atoms with Crippen LogP contribution in [0.5, 0.6) is 0 Å². The highest BCUT2D eigenvalue weighted by Gasteiger charge is 2.26. The van der Waals surface area contributed by atoms with E-state index in [2.05, 4.69) is 54.5 Å². The molecule has 1 saturated heterocycles. The SMILES string of the molecule is CC1NCCN(C)C1c1ccccc1. The number of hydrogen-bond acceptors (Lipinski definition) is 2. The largest absolute Gasteiger partial charge is 0.311 e. The summed E-state index contributed by atoms with van der Waals surface area (Å²) >= 11 is 0. The molecular weight excluding hydrogens is 172 g/mol. The predicted molar refractivity (Wildman–Crippen MR) is 59.3 cm³/mol. The van der Waals surface area contributed by atoms with Crippen LogP contribution in [0.25, 0.3) is 0 Å². The molecule has 0 amide bonds. The van der Waals surface area contributed by atoms with Crippen LogP contribution in [0.4, 0.5) is 0 Å². The van der Waals surface area contributed by atoms with Gasteiger partial charge in [0.15, 0.2) is 0 Å². The molecule has 0 aromatic heterocycles. The summed E-state index contributed by atoms with van der Waals surface area (Å²) in [6.07, 6.45) is 0. The first kappa shape index (κ1) is 9.69. The fourth-order valence-corrected chi connectivity index (χ4v) is 2.29. The fraction of sp³-hybridized carbons (Fsp3) is 0.500. The van der Waals surface area contributed by atoms with E-state index < -0.39 is 0 Å². The normalized spacial score (nSPS) is 29.0. The molecule has 1 N–H and O–H groups in total. The Morgan fingerprint density at radius 1 is 1.29 bits per heavy atom. The van der Waals surface area contributed by atoms with Crippen molar-refractivity contribution in [2.24, 2.45) is 0 Å². The van der Waals surface area contributed by atoms with E-state index in [0.717, 1.165) is 13.1 Å². The first-order chi connectivity index (χ1) is 6.79. The third kappa shape index (κ3) is 1.81. The molecule has 1 aromatic carbocycles. The van der Waals surface area contributed by atoms with E-state index in [9.17, 15) is 0 Å². The molecule has 0 saturated carbocycles. The zero-order chi connectivity index (χ0) is 9.97. The van der Waals surface area contributed by atoms with Crippen molar-refractivity contribution in [1.29, 1.82) is 0 Å². The van der Waals surface area contributed by atoms with Gasteiger partial charge in [0.25, 0.3) is 0 Å². The maximum absolute atomic E-state index is 3.52. The minimum Gasteiger partial charge on any atom is -0.311 e. The summed E-state index contributed by atoms with van der Waals surface area (Å²) in [6, 6.07) is 11.8. The lowest BCUT2D eigenvalue weighted by atomic mass is 9.97. The third-order valence-corrected chi connectivity index (χ3v) is 3.02. The van der Waals surface area contributed by atoms with Crippen LogP contribution in [0.2, 0.25) is 0 Å². The molecule has 2 unspecified atom stereocenters. The van der Waals surface area contributed by atoms with Crippen molar-refractivity contribution < 1.29 is 0 Å². The van der Waals surface area contributed by atoms with Gasteiger partial charge in [0.05, 0.1) is 0 Å². The minimum absolute atomic E-state index is 0.518. The maximum Gasteiger partial charge on any atom is 0.0496 e. The number of nitrogens with one attached hydrogen (secondary N) is 1. The van der Waals surface area contributed by atoms with Crippen LogP contribution in [0.3, 0.4) is 0 Å². The standard InChI is InChI=1S/C12H18N2/c1-10-12(14(2)9-8-13-10)11-6-4-3-5-7-11/h3-7,10,12-13H,8-9H2,1-2H3. The van der Waals surface area contributed by atoms with Crippen LogP contribution >= 0.6 is 0 Å². The lowest BCUT2D eigenvalue weighted by molar-refractivity contribution is 0.159. The zero-order valence-corrected chi connectivity index (χ0v) is 8.90. The molecule has 1 fully saturated rings. The van der Waals surface area contributed by atoms with Crippen LogP contribution in [0.15, 0.2) is 30.3 Å². The monoisotopic (exact) mass is 190 g/mol. The summed E-state index contributed by atoms with van der Waals surface area (Å²) in [4.78, 5) is 2.43. The first-order valence-electron chi connectivity index (χ1n) is 5.27. The number of hydrogen-bond donors (Lipinski definition) is 1. The van der Waals surface area contributed by atoms with Crippen LogP contribution in [0.1, 0.15) is 18.5 Å². The molecule has 0 bridgehead atoms. The molecule has 2 atom stereocenters. The molecule has 0 radical (unpaired) electrons. The Hall–Kier alpha value is -0.860. The molecular formula is C12H18N2. The van der Waals surface area contributed by atoms with Crippen LogP contribution < -0.4 is 5.32 Å². The van der Waals surface area contributed by atoms with Gasteiger partial charge in [0.2, 0.25) is 0 Å². The Kier molecular flexibility index (Phi) is 2.85. The second-order valence-electron chi connectivity index (χ2n) is 4.08. The van der Waals surface area contributed by atoms with E-state index in [-0.39, 0.29) is 0 Å². The quantitative estimate of drug-likeness (QED) is 0.724. The minimum atomic E-state index is 0.518. The van der Waals surface area contributed by atoms with E-state index in [1.807, 2.05) is 0 Å². The molecule has 1 aliphatic heterocycles. The Morgan fingerprint density at radius 3 is 2.64 bits per heavy atom. The number of piperazine rings is 1. The van der Waals surface area contributed by atoms with Gasteiger partial charge in [-0.2, -0.15) is 0 Å². The van der Waals surface area contributed by atoms with Crippen molar-refractivity contribution in [2.45, 2.75) is 19.0 Å². The summed E-state index contributed by atoms with van der Waals surface area (Å²) in [5.74, 6) is 0. The average molecular weight is 190 g/mol. The number of benzene rings is 1. The second-order valence-corrected chi connectivity index (χ2v) is 4.08. The molecule has 2 heteroatoms. The number of likely N-dealkylation sites (N-methyl/N-ethyl adjacent to an activating group) is 1. The Morgan fingerprint density at radius 2 is 2.00 bits per heavy atom. The highest BCUT2D eigenvalue weighted by molar-refractivity contribution is 5.21. The van der Waals surface area contributed by atoms with Gasteiger partial charge in [-0.3, -0.25) is 4.90 Å². The van der Waals surface area contributed by atoms with E-state index in [4.69, 9.17) is 0 Å². The van der Waals surface area contributed by atoms with Gasteiger partial charge in [0, 0.05) is 25.2 Å². The molecule has 76 valence electrons. The lowest BCUT2D eigenvalue weighted by Gasteiger charge is -2.38. The van der Waals surface area contributed by atoms with Crippen molar-refractivity contribution in [1.82, 2.24) is 10.2 Å². The zero-order valence-electron chi connectivity index (χ0n) is 8.90. The van der Waals surface area contributed by atoms with Crippen molar-refractivity contribution >= 4 is 0 Å². The van der Waals surface area contributed by atoms with Gasteiger partial charge in [-0.25, -0.2) is 0 Å². The summed E-state index contributed by atoms with van der Waals surface area (Å²) in [5, 5.41) is 3.52. The van der Waals surface area contributed by atoms with Gasteiger partial charge in [-0.1, -0.05) is 30.3 Å². The molecule has 1 aliphatic rings. The summed E-state index contributed by atoms with van der Waals surface area (Å²) < 4.78 is 0. The smallest absolute Gasteiger partial charge is 0.0496 e. The predicted octanol–water partition coefficient (Wildman–Crippen LogP) is 1.65. The highest BCUT2D eigenvalue weighted by atomic mass is 15.2. The molecule has 0 spiro atoms. The Balaban J connectivity index is 2.23. The van der Waals surface area contributed by atoms with Crippen LogP contribution in [0, 0.1) is 0 Å². The van der Waals surface area contributed by atoms with Gasteiger partial charge in [0.1, 0.15) is 0 Å². The molecule has 14 heavy (non-hydrogen) atoms. The van der Waals surface area contributed by atoms with Gasteiger partial charge < -0.3 is 5.32 Å². The number of nitrogens with zero attached hydrogens (tertiary/aromatic N) is 1.